The van der Waals surface area contributed by atoms with Crippen LogP contribution in [0.4, 0.5) is 0 Å². The van der Waals surface area contributed by atoms with Crippen LogP contribution in [0.1, 0.15) is 6.92 Å². The van der Waals surface area contributed by atoms with Crippen molar-refractivity contribution in [1.82, 2.24) is 15.2 Å². The van der Waals surface area contributed by atoms with E-state index in [0.29, 0.717) is 5.69 Å². The summed E-state index contributed by atoms with van der Waals surface area (Å²) in [6.07, 6.45) is 1.62. The molecule has 7 heteroatoms. The topological polar surface area (TPSA) is 89.1 Å². The van der Waals surface area contributed by atoms with Crippen LogP contribution in [0, 0.1) is 0 Å². The lowest BCUT2D eigenvalue weighted by Crippen LogP contribution is -2.10. The van der Waals surface area contributed by atoms with Gasteiger partial charge in [0.25, 0.3) is 11.1 Å². The van der Waals surface area contributed by atoms with E-state index < -0.39 is 11.2 Å². The minimum absolute atomic E-state index is 0.223. The van der Waals surface area contributed by atoms with Crippen LogP contribution in [-0.2, 0) is 4.79 Å². The molecule has 2 rings (SSSR count). The Balaban J connectivity index is 2.14. The molecular formula is C10H9N3O3S. The first-order valence-electron chi connectivity index (χ1n) is 4.81. The van der Waals surface area contributed by atoms with E-state index in [1.807, 2.05) is 0 Å². The van der Waals surface area contributed by atoms with Crippen LogP contribution in [0.25, 0.3) is 11.6 Å². The highest BCUT2D eigenvalue weighted by atomic mass is 32.2. The van der Waals surface area contributed by atoms with E-state index in [1.165, 1.54) is 0 Å². The second kappa shape index (κ2) is 4.96. The highest BCUT2D eigenvalue weighted by Gasteiger charge is 2.17. The first kappa shape index (κ1) is 11.6. The molecule has 6 nitrogen and oxygen atoms in total. The molecule has 0 aliphatic heterocycles. The molecule has 0 aliphatic carbocycles. The van der Waals surface area contributed by atoms with Gasteiger partial charge in [0, 0.05) is 6.20 Å². The van der Waals surface area contributed by atoms with Crippen molar-refractivity contribution in [3.8, 4) is 11.6 Å². The lowest BCUT2D eigenvalue weighted by Gasteiger charge is -1.99. The number of thioether (sulfide) groups is 1. The smallest absolute Gasteiger partial charge is 0.316 e. The van der Waals surface area contributed by atoms with E-state index in [9.17, 15) is 4.79 Å². The van der Waals surface area contributed by atoms with Crippen LogP contribution in [-0.4, -0.2) is 31.5 Å². The fraction of sp³-hybridized carbons (Fsp3) is 0.200. The van der Waals surface area contributed by atoms with Gasteiger partial charge < -0.3 is 9.52 Å². The molecule has 2 heterocycles. The van der Waals surface area contributed by atoms with Gasteiger partial charge in [-0.3, -0.25) is 9.78 Å². The summed E-state index contributed by atoms with van der Waals surface area (Å²) < 4.78 is 5.31. The van der Waals surface area contributed by atoms with Gasteiger partial charge in [0.2, 0.25) is 0 Å². The zero-order valence-corrected chi connectivity index (χ0v) is 9.72. The zero-order valence-electron chi connectivity index (χ0n) is 8.90. The van der Waals surface area contributed by atoms with Gasteiger partial charge in [0.05, 0.1) is 0 Å². The summed E-state index contributed by atoms with van der Waals surface area (Å²) in [7, 11) is 0. The first-order valence-corrected chi connectivity index (χ1v) is 5.69. The van der Waals surface area contributed by atoms with Crippen molar-refractivity contribution >= 4 is 17.7 Å². The number of hydrogen-bond donors (Lipinski definition) is 1. The Morgan fingerprint density at radius 3 is 2.94 bits per heavy atom. The summed E-state index contributed by atoms with van der Waals surface area (Å²) in [5.74, 6) is -0.640. The van der Waals surface area contributed by atoms with Gasteiger partial charge in [-0.25, -0.2) is 0 Å². The Bertz CT molecular complexity index is 515. The molecular weight excluding hydrogens is 242 g/mol. The van der Waals surface area contributed by atoms with Crippen molar-refractivity contribution in [1.29, 1.82) is 0 Å². The van der Waals surface area contributed by atoms with E-state index in [0.717, 1.165) is 11.8 Å². The van der Waals surface area contributed by atoms with Crippen molar-refractivity contribution in [3.05, 3.63) is 24.4 Å². The third kappa shape index (κ3) is 2.82. The van der Waals surface area contributed by atoms with Crippen LogP contribution < -0.4 is 0 Å². The van der Waals surface area contributed by atoms with Crippen molar-refractivity contribution < 1.29 is 14.3 Å². The van der Waals surface area contributed by atoms with Gasteiger partial charge >= 0.3 is 5.97 Å². The summed E-state index contributed by atoms with van der Waals surface area (Å²) in [6.45, 7) is 1.55. The van der Waals surface area contributed by atoms with Crippen molar-refractivity contribution in [2.24, 2.45) is 0 Å². The molecule has 2 aromatic rings. The highest BCUT2D eigenvalue weighted by Crippen LogP contribution is 2.24. The molecule has 0 amide bonds. The quantitative estimate of drug-likeness (QED) is 0.827. The highest BCUT2D eigenvalue weighted by molar-refractivity contribution is 8.00. The number of aromatic nitrogens is 3. The number of pyridine rings is 1. The van der Waals surface area contributed by atoms with Gasteiger partial charge in [-0.15, -0.1) is 10.2 Å². The van der Waals surface area contributed by atoms with E-state index in [2.05, 4.69) is 15.2 Å². The van der Waals surface area contributed by atoms with Gasteiger partial charge in [-0.1, -0.05) is 17.8 Å². The summed E-state index contributed by atoms with van der Waals surface area (Å²) in [5, 5.41) is 15.9. The molecule has 88 valence electrons. The SMILES string of the molecule is C[C@H](Sc1nnc(-c2ccccn2)o1)C(=O)O. The van der Waals surface area contributed by atoms with Crippen molar-refractivity contribution in [2.45, 2.75) is 17.4 Å². The molecule has 17 heavy (non-hydrogen) atoms. The maximum atomic E-state index is 10.7. The minimum atomic E-state index is -0.924. The average Bonchev–Trinajstić information content (AvgIpc) is 2.78. The molecule has 0 saturated carbocycles. The molecule has 0 saturated heterocycles. The van der Waals surface area contributed by atoms with Gasteiger partial charge in [0.1, 0.15) is 10.9 Å². The third-order valence-electron chi connectivity index (χ3n) is 1.92. The van der Waals surface area contributed by atoms with Gasteiger partial charge in [-0.05, 0) is 19.1 Å². The molecule has 0 unspecified atom stereocenters. The standard InChI is InChI=1S/C10H9N3O3S/c1-6(9(14)15)17-10-13-12-8(16-10)7-4-2-3-5-11-7/h2-6H,1H3,(H,14,15)/t6-/m0/s1. The summed E-state index contributed by atoms with van der Waals surface area (Å²) in [4.78, 5) is 14.7. The molecule has 0 spiro atoms. The minimum Gasteiger partial charge on any atom is -0.480 e. The molecule has 0 fully saturated rings. The van der Waals surface area contributed by atoms with Crippen LogP contribution in [0.2, 0.25) is 0 Å². The summed E-state index contributed by atoms with van der Waals surface area (Å²) in [6, 6.07) is 5.32. The second-order valence-electron chi connectivity index (χ2n) is 3.19. The van der Waals surface area contributed by atoms with E-state index in [1.54, 1.807) is 31.3 Å². The van der Waals surface area contributed by atoms with Gasteiger partial charge in [-0.2, -0.15) is 0 Å². The van der Waals surface area contributed by atoms with Crippen LogP contribution in [0.5, 0.6) is 0 Å². The van der Waals surface area contributed by atoms with E-state index in [4.69, 9.17) is 9.52 Å². The predicted octanol–water partition coefficient (Wildman–Crippen LogP) is 1.70. The number of rotatable bonds is 4. The van der Waals surface area contributed by atoms with Crippen molar-refractivity contribution in [2.75, 3.05) is 0 Å². The fourth-order valence-electron chi connectivity index (χ4n) is 1.05. The zero-order chi connectivity index (χ0) is 12.3. The number of hydrogen-bond acceptors (Lipinski definition) is 6. The lowest BCUT2D eigenvalue weighted by molar-refractivity contribution is -0.136. The molecule has 1 N–H and O–H groups in total. The molecule has 0 bridgehead atoms. The Labute approximate surface area is 101 Å². The maximum absolute atomic E-state index is 10.7. The Morgan fingerprint density at radius 1 is 1.47 bits per heavy atom. The summed E-state index contributed by atoms with van der Waals surface area (Å²) in [5.41, 5.74) is 0.565. The molecule has 0 radical (unpaired) electrons. The molecule has 1 atom stereocenters. The van der Waals surface area contributed by atoms with Crippen LogP contribution in [0.3, 0.4) is 0 Å². The third-order valence-corrected chi connectivity index (χ3v) is 2.84. The van der Waals surface area contributed by atoms with E-state index in [-0.39, 0.29) is 11.1 Å². The Kier molecular flexibility index (Phi) is 3.38. The van der Waals surface area contributed by atoms with Gasteiger partial charge in [0.15, 0.2) is 0 Å². The van der Waals surface area contributed by atoms with Crippen LogP contribution in [0.15, 0.2) is 34.0 Å². The largest absolute Gasteiger partial charge is 0.480 e. The van der Waals surface area contributed by atoms with E-state index >= 15 is 0 Å². The second-order valence-corrected chi connectivity index (χ2v) is 4.48. The maximum Gasteiger partial charge on any atom is 0.316 e. The molecule has 0 aliphatic rings. The average molecular weight is 251 g/mol. The van der Waals surface area contributed by atoms with Crippen molar-refractivity contribution in [3.63, 3.8) is 0 Å². The lowest BCUT2D eigenvalue weighted by atomic mass is 10.3. The predicted molar refractivity (Wildman–Crippen MR) is 60.5 cm³/mol. The Hall–Kier alpha value is -1.89. The number of aliphatic carboxylic acids is 1. The number of carboxylic acids is 1. The summed E-state index contributed by atoms with van der Waals surface area (Å²) >= 11 is 1.000. The number of nitrogens with zero attached hydrogens (tertiary/aromatic N) is 3. The molecule has 0 aromatic carbocycles. The first-order chi connectivity index (χ1) is 8.16. The van der Waals surface area contributed by atoms with Crippen LogP contribution >= 0.6 is 11.8 Å². The normalized spacial score (nSPS) is 12.3. The Morgan fingerprint density at radius 2 is 2.29 bits per heavy atom. The number of carbonyl (C=O) groups is 1. The molecule has 2 aromatic heterocycles. The number of carboxylic acid groups (broad SMARTS) is 1. The fourth-order valence-corrected chi connectivity index (χ4v) is 1.67. The monoisotopic (exact) mass is 251 g/mol.